The topological polar surface area (TPSA) is 20.2 Å². The molecule has 74 valence electrons. The first-order valence-electron chi connectivity index (χ1n) is 5.09. The molecule has 14 heavy (non-hydrogen) atoms. The molecule has 0 amide bonds. The summed E-state index contributed by atoms with van der Waals surface area (Å²) in [5.41, 5.74) is 5.87. The van der Waals surface area contributed by atoms with E-state index in [-0.39, 0.29) is 0 Å². The summed E-state index contributed by atoms with van der Waals surface area (Å²) in [6.07, 6.45) is 2.14. The summed E-state index contributed by atoms with van der Waals surface area (Å²) in [6, 6.07) is 4.25. The van der Waals surface area contributed by atoms with Gasteiger partial charge in [0.2, 0.25) is 0 Å². The molecule has 0 unspecified atom stereocenters. The molecular weight excluding hydrogens is 172 g/mol. The van der Waals surface area contributed by atoms with Gasteiger partial charge in [0.05, 0.1) is 0 Å². The second-order valence-electron chi connectivity index (χ2n) is 4.23. The zero-order valence-corrected chi connectivity index (χ0v) is 9.02. The summed E-state index contributed by atoms with van der Waals surface area (Å²) < 4.78 is 0. The average Bonchev–Trinajstić information content (AvgIpc) is 2.83. The second-order valence-corrected chi connectivity index (χ2v) is 4.23. The molecule has 0 heterocycles. The molecular formula is C13H16O. The maximum absolute atomic E-state index is 9.99. The highest BCUT2D eigenvalue weighted by Crippen LogP contribution is 2.37. The molecule has 1 aromatic carbocycles. The predicted molar refractivity (Wildman–Crippen MR) is 59.4 cm³/mol. The van der Waals surface area contributed by atoms with E-state index in [1.165, 1.54) is 22.3 Å². The highest BCUT2D eigenvalue weighted by atomic mass is 16.3. The van der Waals surface area contributed by atoms with Crippen LogP contribution in [0.3, 0.4) is 0 Å². The SMILES string of the molecule is Cc1cc(C)c(C(O)=C2CC2)c(C)c1. The normalized spacial score (nSPS) is 14.4. The Morgan fingerprint density at radius 1 is 1.07 bits per heavy atom. The summed E-state index contributed by atoms with van der Waals surface area (Å²) in [7, 11) is 0. The minimum Gasteiger partial charge on any atom is -0.507 e. The third-order valence-corrected chi connectivity index (χ3v) is 2.75. The molecule has 1 saturated carbocycles. The van der Waals surface area contributed by atoms with Gasteiger partial charge in [0, 0.05) is 5.56 Å². The number of hydrogen-bond acceptors (Lipinski definition) is 1. The van der Waals surface area contributed by atoms with Gasteiger partial charge in [-0.15, -0.1) is 0 Å². The molecule has 0 bridgehead atoms. The minimum absolute atomic E-state index is 0.528. The van der Waals surface area contributed by atoms with E-state index in [4.69, 9.17) is 0 Å². The van der Waals surface area contributed by atoms with Crippen LogP contribution in [-0.4, -0.2) is 5.11 Å². The third-order valence-electron chi connectivity index (χ3n) is 2.75. The summed E-state index contributed by atoms with van der Waals surface area (Å²) in [5.74, 6) is 0.528. The first-order valence-corrected chi connectivity index (χ1v) is 5.09. The van der Waals surface area contributed by atoms with Crippen molar-refractivity contribution in [3.63, 3.8) is 0 Å². The summed E-state index contributed by atoms with van der Waals surface area (Å²) in [6.45, 7) is 6.22. The lowest BCUT2D eigenvalue weighted by molar-refractivity contribution is 0.508. The number of hydrogen-bond donors (Lipinski definition) is 1. The number of aryl methyl sites for hydroxylation is 3. The summed E-state index contributed by atoms with van der Waals surface area (Å²) in [5, 5.41) is 9.99. The maximum atomic E-state index is 9.99. The van der Waals surface area contributed by atoms with E-state index in [2.05, 4.69) is 32.9 Å². The molecule has 1 heteroatoms. The van der Waals surface area contributed by atoms with Crippen molar-refractivity contribution in [1.29, 1.82) is 0 Å². The van der Waals surface area contributed by atoms with Crippen molar-refractivity contribution in [2.45, 2.75) is 33.6 Å². The highest BCUT2D eigenvalue weighted by molar-refractivity contribution is 5.70. The van der Waals surface area contributed by atoms with Crippen LogP contribution in [0.2, 0.25) is 0 Å². The number of rotatable bonds is 1. The second kappa shape index (κ2) is 3.16. The molecule has 1 aliphatic carbocycles. The fraction of sp³-hybridized carbons (Fsp3) is 0.385. The van der Waals surface area contributed by atoms with Gasteiger partial charge in [-0.25, -0.2) is 0 Å². The molecule has 0 saturated heterocycles. The number of aliphatic hydroxyl groups excluding tert-OH is 1. The molecule has 1 nitrogen and oxygen atoms in total. The first-order chi connectivity index (χ1) is 6.59. The Labute approximate surface area is 85.1 Å². The Kier molecular flexibility index (Phi) is 2.10. The van der Waals surface area contributed by atoms with E-state index < -0.39 is 0 Å². The third kappa shape index (κ3) is 1.54. The predicted octanol–water partition coefficient (Wildman–Crippen LogP) is 3.67. The van der Waals surface area contributed by atoms with Gasteiger partial charge in [-0.3, -0.25) is 0 Å². The minimum atomic E-state index is 0.528. The van der Waals surface area contributed by atoms with Gasteiger partial charge in [-0.2, -0.15) is 0 Å². The Hall–Kier alpha value is -1.24. The zero-order chi connectivity index (χ0) is 10.3. The average molecular weight is 188 g/mol. The Bertz CT molecular complexity index is 384. The smallest absolute Gasteiger partial charge is 0.122 e. The van der Waals surface area contributed by atoms with Crippen LogP contribution in [0.1, 0.15) is 35.1 Å². The van der Waals surface area contributed by atoms with Crippen LogP contribution in [0, 0.1) is 20.8 Å². The lowest BCUT2D eigenvalue weighted by Gasteiger charge is -2.10. The molecule has 0 aromatic heterocycles. The van der Waals surface area contributed by atoms with Gasteiger partial charge in [-0.1, -0.05) is 17.7 Å². The number of allylic oxidation sites excluding steroid dienone is 1. The van der Waals surface area contributed by atoms with Crippen LogP contribution in [0.5, 0.6) is 0 Å². The summed E-state index contributed by atoms with van der Waals surface area (Å²) >= 11 is 0. The first kappa shape index (κ1) is 9.32. The van der Waals surface area contributed by atoms with Crippen LogP contribution >= 0.6 is 0 Å². The number of aliphatic hydroxyl groups is 1. The van der Waals surface area contributed by atoms with E-state index in [1.54, 1.807) is 0 Å². The molecule has 2 rings (SSSR count). The van der Waals surface area contributed by atoms with E-state index in [0.717, 1.165) is 18.4 Å². The molecule has 1 aliphatic rings. The Morgan fingerprint density at radius 2 is 1.57 bits per heavy atom. The highest BCUT2D eigenvalue weighted by Gasteiger charge is 2.20. The zero-order valence-electron chi connectivity index (χ0n) is 9.02. The van der Waals surface area contributed by atoms with Crippen molar-refractivity contribution in [2.24, 2.45) is 0 Å². The van der Waals surface area contributed by atoms with Crippen LogP contribution in [0.25, 0.3) is 5.76 Å². The van der Waals surface area contributed by atoms with Crippen molar-refractivity contribution >= 4 is 5.76 Å². The monoisotopic (exact) mass is 188 g/mol. The van der Waals surface area contributed by atoms with Gasteiger partial charge < -0.3 is 5.11 Å². The molecule has 0 radical (unpaired) electrons. The van der Waals surface area contributed by atoms with Crippen LogP contribution in [0.4, 0.5) is 0 Å². The molecule has 1 N–H and O–H groups in total. The van der Waals surface area contributed by atoms with Crippen molar-refractivity contribution in [1.82, 2.24) is 0 Å². The van der Waals surface area contributed by atoms with Crippen molar-refractivity contribution in [3.05, 3.63) is 40.0 Å². The van der Waals surface area contributed by atoms with E-state index in [0.29, 0.717) is 5.76 Å². The molecule has 1 aromatic rings. The van der Waals surface area contributed by atoms with Crippen molar-refractivity contribution < 1.29 is 5.11 Å². The van der Waals surface area contributed by atoms with Crippen molar-refractivity contribution in [3.8, 4) is 0 Å². The van der Waals surface area contributed by atoms with Crippen molar-refractivity contribution in [2.75, 3.05) is 0 Å². The standard InChI is InChI=1S/C13H16O/c1-8-6-9(2)12(10(3)7-8)13(14)11-4-5-11/h6-7,14H,4-5H2,1-3H3. The van der Waals surface area contributed by atoms with Crippen LogP contribution in [-0.2, 0) is 0 Å². The van der Waals surface area contributed by atoms with Gasteiger partial charge in [0.25, 0.3) is 0 Å². The summed E-state index contributed by atoms with van der Waals surface area (Å²) in [4.78, 5) is 0. The molecule has 0 atom stereocenters. The van der Waals surface area contributed by atoms with E-state index in [1.807, 2.05) is 0 Å². The number of benzene rings is 1. The Morgan fingerprint density at radius 3 is 2.00 bits per heavy atom. The van der Waals surface area contributed by atoms with Gasteiger partial charge >= 0.3 is 0 Å². The quantitative estimate of drug-likeness (QED) is 0.666. The van der Waals surface area contributed by atoms with Crippen LogP contribution in [0.15, 0.2) is 17.7 Å². The molecule has 0 spiro atoms. The fourth-order valence-electron chi connectivity index (χ4n) is 2.03. The fourth-order valence-corrected chi connectivity index (χ4v) is 2.03. The lowest BCUT2D eigenvalue weighted by atomic mass is 9.98. The largest absolute Gasteiger partial charge is 0.507 e. The van der Waals surface area contributed by atoms with Crippen LogP contribution < -0.4 is 0 Å². The lowest BCUT2D eigenvalue weighted by Crippen LogP contribution is -1.94. The molecule has 0 aliphatic heterocycles. The van der Waals surface area contributed by atoms with Gasteiger partial charge in [-0.05, 0) is 50.3 Å². The molecule has 1 fully saturated rings. The van der Waals surface area contributed by atoms with E-state index >= 15 is 0 Å². The maximum Gasteiger partial charge on any atom is 0.122 e. The van der Waals surface area contributed by atoms with Gasteiger partial charge in [0.1, 0.15) is 5.76 Å². The van der Waals surface area contributed by atoms with Gasteiger partial charge in [0.15, 0.2) is 0 Å². The Balaban J connectivity index is 2.58. The van der Waals surface area contributed by atoms with E-state index in [9.17, 15) is 5.11 Å².